The first-order valence-corrected chi connectivity index (χ1v) is 15.4. The van der Waals surface area contributed by atoms with E-state index >= 15 is 0 Å². The number of rotatable bonds is 5. The van der Waals surface area contributed by atoms with Gasteiger partial charge >= 0.3 is 0 Å². The maximum absolute atomic E-state index is 13.7. The predicted molar refractivity (Wildman–Crippen MR) is 180 cm³/mol. The number of aliphatic hydroxyl groups excluding tert-OH is 2. The van der Waals surface area contributed by atoms with Crippen molar-refractivity contribution in [2.75, 3.05) is 7.11 Å². The van der Waals surface area contributed by atoms with Gasteiger partial charge in [-0.05, 0) is 64.8 Å². The highest BCUT2D eigenvalue weighted by Crippen LogP contribution is 2.55. The number of aromatic hydroxyl groups is 1. The molecule has 0 unspecified atom stereocenters. The molecule has 2 aromatic carbocycles. The van der Waals surface area contributed by atoms with Crippen LogP contribution in [0.4, 0.5) is 0 Å². The molecule has 1 spiro atoms. The standard InChI is InChI=1S/C33H20ClIN2O10/c1-46-18-9-17(38)20-21(26(18)39)28(41)23-22(27(20)40)30(43)33(31(23)44)7-6-15-24(33)29(42)19-16(25(15)35)8-14(37-32(19)45)10-36-47-11-12-2-4-13(34)5-3-12/h2-5,8-10,42-44H,6-7,11H2,1H3,(H,37,45)/t33-/m0/s1. The summed E-state index contributed by atoms with van der Waals surface area (Å²) in [5, 5.41) is 36.8. The van der Waals surface area contributed by atoms with Crippen LogP contribution in [0.25, 0.3) is 22.3 Å². The largest absolute Gasteiger partial charge is 0.510 e. The molecule has 1 heterocycles. The topological polar surface area (TPSA) is 193 Å². The number of nitrogens with zero attached hydrogens (tertiary/aromatic N) is 1. The van der Waals surface area contributed by atoms with Gasteiger partial charge in [0.15, 0.2) is 11.2 Å². The maximum atomic E-state index is 13.7. The van der Waals surface area contributed by atoms with Gasteiger partial charge in [-0.3, -0.25) is 24.0 Å². The van der Waals surface area contributed by atoms with Gasteiger partial charge in [-0.15, -0.1) is 0 Å². The van der Waals surface area contributed by atoms with Gasteiger partial charge in [0.05, 0.1) is 45.3 Å². The quantitative estimate of drug-likeness (QED) is 0.115. The number of nitrogens with one attached hydrogen (secondary N) is 1. The van der Waals surface area contributed by atoms with Crippen molar-refractivity contribution in [3.05, 3.63) is 139 Å². The van der Waals surface area contributed by atoms with Gasteiger partial charge < -0.3 is 29.9 Å². The van der Waals surface area contributed by atoms with Gasteiger partial charge in [-0.2, -0.15) is 0 Å². The van der Waals surface area contributed by atoms with Crippen LogP contribution >= 0.6 is 34.2 Å². The number of hydrogen-bond acceptors (Lipinski definition) is 11. The second kappa shape index (κ2) is 10.8. The number of oxime groups is 1. The van der Waals surface area contributed by atoms with Crippen LogP contribution in [0.3, 0.4) is 0 Å². The molecule has 47 heavy (non-hydrogen) atoms. The van der Waals surface area contributed by atoms with E-state index in [-0.39, 0.29) is 36.1 Å². The van der Waals surface area contributed by atoms with Crippen LogP contribution in [0.2, 0.25) is 5.02 Å². The summed E-state index contributed by atoms with van der Waals surface area (Å²) >= 11 is 7.88. The monoisotopic (exact) mass is 766 g/mol. The number of benzene rings is 2. The molecule has 0 saturated heterocycles. The lowest BCUT2D eigenvalue weighted by molar-refractivity contribution is 0.132. The van der Waals surface area contributed by atoms with E-state index in [9.17, 15) is 39.3 Å². The third kappa shape index (κ3) is 4.18. The average molecular weight is 767 g/mol. The molecule has 0 radical (unpaired) electrons. The third-order valence-electron chi connectivity index (χ3n) is 8.79. The number of aromatic amines is 1. The summed E-state index contributed by atoms with van der Waals surface area (Å²) in [6.07, 6.45) is 1.34. The van der Waals surface area contributed by atoms with E-state index in [1.54, 1.807) is 30.3 Å². The second-order valence-corrected chi connectivity index (χ2v) is 12.7. The van der Waals surface area contributed by atoms with Crippen LogP contribution in [0.5, 0.6) is 11.5 Å². The fourth-order valence-corrected chi connectivity index (χ4v) is 7.76. The van der Waals surface area contributed by atoms with E-state index in [4.69, 9.17) is 21.2 Å². The van der Waals surface area contributed by atoms with Crippen molar-refractivity contribution in [3.63, 3.8) is 0 Å². The van der Waals surface area contributed by atoms with Crippen LogP contribution in [0.15, 0.2) is 65.5 Å². The highest BCUT2D eigenvalue weighted by Gasteiger charge is 2.53. The highest BCUT2D eigenvalue weighted by molar-refractivity contribution is 14.1. The molecule has 14 heteroatoms. The molecule has 4 aliphatic carbocycles. The van der Waals surface area contributed by atoms with Crippen molar-refractivity contribution in [1.29, 1.82) is 0 Å². The Balaban J connectivity index is 1.42. The van der Waals surface area contributed by atoms with Crippen molar-refractivity contribution in [3.8, 4) is 11.5 Å². The molecule has 12 nitrogen and oxygen atoms in total. The second-order valence-electron chi connectivity index (χ2n) is 11.2. The molecule has 0 saturated carbocycles. The van der Waals surface area contributed by atoms with Gasteiger partial charge in [0.2, 0.25) is 16.3 Å². The van der Waals surface area contributed by atoms with E-state index < -0.39 is 76.6 Å². The zero-order valence-electron chi connectivity index (χ0n) is 24.1. The smallest absolute Gasteiger partial charge is 0.260 e. The summed E-state index contributed by atoms with van der Waals surface area (Å²) in [5.74, 6) is -2.58. The summed E-state index contributed by atoms with van der Waals surface area (Å²) in [7, 11) is 1.12. The first-order chi connectivity index (χ1) is 22.4. The van der Waals surface area contributed by atoms with Crippen molar-refractivity contribution in [2.45, 2.75) is 24.9 Å². The number of halogens is 2. The van der Waals surface area contributed by atoms with Crippen LogP contribution in [0.1, 0.15) is 28.8 Å². The van der Waals surface area contributed by atoms with Crippen LogP contribution < -0.4 is 42.4 Å². The van der Waals surface area contributed by atoms with E-state index in [1.807, 2.05) is 22.6 Å². The molecule has 1 atom stereocenters. The number of aromatic nitrogens is 1. The Labute approximate surface area is 279 Å². The summed E-state index contributed by atoms with van der Waals surface area (Å²) in [6, 6.07) is 9.34. The number of ether oxygens (including phenoxy) is 1. The molecule has 0 fully saturated rings. The van der Waals surface area contributed by atoms with E-state index in [2.05, 4.69) is 10.1 Å². The zero-order chi connectivity index (χ0) is 33.5. The molecular weight excluding hydrogens is 747 g/mol. The summed E-state index contributed by atoms with van der Waals surface area (Å²) in [5.41, 5.74) is -5.50. The van der Waals surface area contributed by atoms with Crippen LogP contribution in [0, 0.1) is 14.0 Å². The first-order valence-electron chi connectivity index (χ1n) is 14.0. The lowest BCUT2D eigenvalue weighted by atomic mass is 9.78. The minimum Gasteiger partial charge on any atom is -0.510 e. The Hall–Kier alpha value is -5.02. The Morgan fingerprint density at radius 3 is 2.28 bits per heavy atom. The summed E-state index contributed by atoms with van der Waals surface area (Å²) in [4.78, 5) is 74.5. The molecule has 1 aromatic heterocycles. The van der Waals surface area contributed by atoms with Crippen molar-refractivity contribution >= 4 is 62.7 Å². The molecule has 4 N–H and O–H groups in total. The number of aliphatic hydroxyl groups is 2. The molecule has 0 amide bonds. The Morgan fingerprint density at radius 2 is 1.62 bits per heavy atom. The van der Waals surface area contributed by atoms with Gasteiger partial charge in [0.1, 0.15) is 29.3 Å². The Morgan fingerprint density at radius 1 is 0.957 bits per heavy atom. The van der Waals surface area contributed by atoms with Crippen molar-refractivity contribution in [1.82, 2.24) is 4.98 Å². The number of hydrogen-bond donors (Lipinski definition) is 4. The maximum Gasteiger partial charge on any atom is 0.260 e. The number of pyridine rings is 1. The number of phenols is 1. The van der Waals surface area contributed by atoms with Crippen LogP contribution in [-0.2, 0) is 23.3 Å². The third-order valence-corrected chi connectivity index (χ3v) is 10.3. The zero-order valence-corrected chi connectivity index (χ0v) is 27.0. The predicted octanol–water partition coefficient (Wildman–Crippen LogP) is 1.32. The van der Waals surface area contributed by atoms with Gasteiger partial charge in [-0.25, -0.2) is 0 Å². The fourth-order valence-electron chi connectivity index (χ4n) is 6.67. The highest BCUT2D eigenvalue weighted by atomic mass is 127. The van der Waals surface area contributed by atoms with E-state index in [0.717, 1.165) is 18.7 Å². The van der Waals surface area contributed by atoms with Gasteiger partial charge in [0.25, 0.3) is 5.56 Å². The van der Waals surface area contributed by atoms with Gasteiger partial charge in [-0.1, -0.05) is 28.9 Å². The molecule has 236 valence electrons. The number of methoxy groups -OCH3 is 1. The summed E-state index contributed by atoms with van der Waals surface area (Å²) < 4.78 is 5.42. The number of H-pyrrole nitrogens is 1. The molecule has 0 aliphatic heterocycles. The van der Waals surface area contributed by atoms with Crippen LogP contribution in [-0.4, -0.2) is 33.6 Å². The van der Waals surface area contributed by atoms with E-state index in [0.29, 0.717) is 19.5 Å². The number of fused-ring (bicyclic) bond motifs is 4. The normalized spacial score (nSPS) is 16.9. The average Bonchev–Trinajstić information content (AvgIpc) is 3.55. The minimum atomic E-state index is -2.00. The lowest BCUT2D eigenvalue weighted by Crippen LogP contribution is -2.51. The fraction of sp³-hybridized carbons (Fsp3) is 0.152. The molecule has 3 aromatic rings. The molecular formula is C33H20ClIN2O10. The Bertz CT molecular complexity index is 2740. The van der Waals surface area contributed by atoms with Gasteiger partial charge in [0, 0.05) is 25.6 Å². The first kappa shape index (κ1) is 30.6. The van der Waals surface area contributed by atoms with Crippen molar-refractivity contribution < 1.29 is 24.9 Å². The Kier molecular flexibility index (Phi) is 7.02. The number of phenolic OH excluding ortho intramolecular Hbond substituents is 1. The molecule has 4 aliphatic rings. The minimum absolute atomic E-state index is 0.0658. The van der Waals surface area contributed by atoms with Crippen molar-refractivity contribution in [2.24, 2.45) is 5.16 Å². The summed E-state index contributed by atoms with van der Waals surface area (Å²) in [6.45, 7) is 0.146. The lowest BCUT2D eigenvalue weighted by Gasteiger charge is -2.27. The van der Waals surface area contributed by atoms with E-state index in [1.165, 1.54) is 6.21 Å². The molecule has 0 bridgehead atoms. The molecule has 7 rings (SSSR count). The SMILES string of the molecule is COc1cc(=O)c2c(=O)c3c(c(=O)c=2c1=O)=C(O)[C@]1(CCc2c1c(O)c1c(=O)[nH]c(C=NOCc4ccc(Cl)cc4)cc1c2I)C=3O.